The van der Waals surface area contributed by atoms with Gasteiger partial charge in [0.15, 0.2) is 0 Å². The molecule has 0 spiro atoms. The van der Waals surface area contributed by atoms with Gasteiger partial charge in [-0.3, -0.25) is 9.89 Å². The highest BCUT2D eigenvalue weighted by atomic mass is 35.5. The Balaban J connectivity index is 1.55. The molecule has 1 heterocycles. The number of ether oxygens (including phenoxy) is 1. The second-order valence-electron chi connectivity index (χ2n) is 10.2. The third kappa shape index (κ3) is 8.82. The van der Waals surface area contributed by atoms with Crippen molar-refractivity contribution in [3.8, 4) is 0 Å². The van der Waals surface area contributed by atoms with Crippen molar-refractivity contribution >= 4 is 45.0 Å². The molecule has 0 aliphatic carbocycles. The van der Waals surface area contributed by atoms with E-state index in [4.69, 9.17) is 22.1 Å². The van der Waals surface area contributed by atoms with Crippen LogP contribution in [-0.4, -0.2) is 65.8 Å². The second kappa shape index (κ2) is 15.5. The lowest BCUT2D eigenvalue weighted by molar-refractivity contribution is -0.118. The zero-order valence-corrected chi connectivity index (χ0v) is 26.1. The van der Waals surface area contributed by atoms with Crippen LogP contribution < -0.4 is 16.4 Å². The number of alkyl carbamates (subject to hydrolysis) is 1. The minimum atomic E-state index is -4.05. The Bertz CT molecular complexity index is 1680. The molecule has 0 saturated carbocycles. The Hall–Kier alpha value is -4.43. The number of aromatic nitrogens is 2. The highest BCUT2D eigenvalue weighted by Crippen LogP contribution is 2.26. The normalized spacial score (nSPS) is 12.8. The van der Waals surface area contributed by atoms with Gasteiger partial charge in [0.2, 0.25) is 15.9 Å². The van der Waals surface area contributed by atoms with Crippen molar-refractivity contribution in [2.24, 2.45) is 0 Å². The number of hydrogen-bond acceptors (Lipinski definition) is 8. The highest BCUT2D eigenvalue weighted by molar-refractivity contribution is 7.89. The summed E-state index contributed by atoms with van der Waals surface area (Å²) in [6, 6.07) is 18.1. The summed E-state index contributed by atoms with van der Waals surface area (Å²) >= 11 is 6.31. The first kappa shape index (κ1) is 33.5. The first-order valence-electron chi connectivity index (χ1n) is 14.0. The molecule has 0 fully saturated rings. The van der Waals surface area contributed by atoms with Crippen molar-refractivity contribution in [1.29, 1.82) is 0 Å². The number of benzene rings is 3. The summed E-state index contributed by atoms with van der Waals surface area (Å²) in [6.07, 6.45) is 2.97. The molecule has 2 atom stereocenters. The molecule has 1 aromatic heterocycles. The SMILES string of the molecule is COC(=O)N[C@@H](Cc1ccccc1Cl)C(=O)Nc1ccccc1CC[C@@H](CO)N(Cc1cn[nH]c1)S(=O)(=O)c1ccc(N)cc1. The van der Waals surface area contributed by atoms with Crippen LogP contribution in [-0.2, 0) is 38.9 Å². The molecule has 238 valence electrons. The van der Waals surface area contributed by atoms with Crippen molar-refractivity contribution in [2.45, 2.75) is 42.8 Å². The summed E-state index contributed by atoms with van der Waals surface area (Å²) < 4.78 is 33.5. The van der Waals surface area contributed by atoms with Gasteiger partial charge in [0, 0.05) is 47.2 Å². The van der Waals surface area contributed by atoms with E-state index in [-0.39, 0.29) is 24.3 Å². The maximum Gasteiger partial charge on any atom is 0.407 e. The molecule has 4 rings (SSSR count). The number of nitrogens with zero attached hydrogens (tertiary/aromatic N) is 2. The number of nitrogen functional groups attached to an aromatic ring is 1. The average molecular weight is 655 g/mol. The molecule has 0 saturated heterocycles. The van der Waals surface area contributed by atoms with Gasteiger partial charge in [-0.2, -0.15) is 9.40 Å². The first-order chi connectivity index (χ1) is 21.6. The van der Waals surface area contributed by atoms with Gasteiger partial charge in [-0.15, -0.1) is 0 Å². The molecule has 6 N–H and O–H groups in total. The van der Waals surface area contributed by atoms with E-state index in [1.165, 1.54) is 41.9 Å². The molecule has 3 aromatic carbocycles. The maximum absolute atomic E-state index is 13.8. The fourth-order valence-electron chi connectivity index (χ4n) is 4.75. The number of aromatic amines is 1. The Labute approximate surface area is 266 Å². The summed E-state index contributed by atoms with van der Waals surface area (Å²) in [6.45, 7) is -0.487. The van der Waals surface area contributed by atoms with Gasteiger partial charge >= 0.3 is 6.09 Å². The van der Waals surface area contributed by atoms with Crippen LogP contribution in [0, 0.1) is 0 Å². The lowest BCUT2D eigenvalue weighted by atomic mass is 10.0. The number of nitrogens with one attached hydrogen (secondary N) is 3. The van der Waals surface area contributed by atoms with Crippen LogP contribution >= 0.6 is 11.6 Å². The van der Waals surface area contributed by atoms with Crippen LogP contribution in [0.2, 0.25) is 5.02 Å². The van der Waals surface area contributed by atoms with Crippen LogP contribution in [0.5, 0.6) is 0 Å². The van der Waals surface area contributed by atoms with Gasteiger partial charge in [0.1, 0.15) is 6.04 Å². The van der Waals surface area contributed by atoms with E-state index in [9.17, 15) is 23.1 Å². The third-order valence-corrected chi connectivity index (χ3v) is 9.48. The minimum Gasteiger partial charge on any atom is -0.453 e. The summed E-state index contributed by atoms with van der Waals surface area (Å²) in [5, 5.41) is 22.9. The number of rotatable bonds is 14. The fraction of sp³-hybridized carbons (Fsp3) is 0.258. The topological polar surface area (TPSA) is 180 Å². The van der Waals surface area contributed by atoms with Gasteiger partial charge in [-0.05, 0) is 60.4 Å². The van der Waals surface area contributed by atoms with E-state index in [0.717, 1.165) is 0 Å². The van der Waals surface area contributed by atoms with Crippen LogP contribution in [0.4, 0.5) is 16.2 Å². The van der Waals surface area contributed by atoms with E-state index in [1.54, 1.807) is 54.7 Å². The molecule has 12 nitrogen and oxygen atoms in total. The van der Waals surface area contributed by atoms with Crippen molar-refractivity contribution in [1.82, 2.24) is 19.8 Å². The summed E-state index contributed by atoms with van der Waals surface area (Å²) in [7, 11) is -2.85. The van der Waals surface area contributed by atoms with Crippen LogP contribution in [0.25, 0.3) is 0 Å². The molecule has 45 heavy (non-hydrogen) atoms. The molecular formula is C31H35ClN6O6S. The van der Waals surface area contributed by atoms with Gasteiger partial charge in [-0.1, -0.05) is 48.0 Å². The molecule has 0 radical (unpaired) electrons. The number of halogens is 1. The second-order valence-corrected chi connectivity index (χ2v) is 12.5. The number of carbonyl (C=O) groups is 2. The number of para-hydroxylation sites is 1. The van der Waals surface area contributed by atoms with Crippen molar-refractivity contribution < 1.29 is 27.9 Å². The van der Waals surface area contributed by atoms with Crippen molar-refractivity contribution in [3.05, 3.63) is 107 Å². The van der Waals surface area contributed by atoms with Crippen LogP contribution in [0.1, 0.15) is 23.1 Å². The molecule has 14 heteroatoms. The monoisotopic (exact) mass is 654 g/mol. The predicted octanol–water partition coefficient (Wildman–Crippen LogP) is 3.74. The van der Waals surface area contributed by atoms with Crippen molar-refractivity contribution in [3.63, 3.8) is 0 Å². The number of amides is 2. The number of aliphatic hydroxyl groups excluding tert-OH is 1. The smallest absolute Gasteiger partial charge is 0.407 e. The lowest BCUT2D eigenvalue weighted by Crippen LogP contribution is -2.45. The van der Waals surface area contributed by atoms with Crippen LogP contribution in [0.15, 0.2) is 90.1 Å². The number of carbonyl (C=O) groups excluding carboxylic acids is 2. The minimum absolute atomic E-state index is 0.0320. The largest absolute Gasteiger partial charge is 0.453 e. The molecule has 2 amide bonds. The summed E-state index contributed by atoms with van der Waals surface area (Å²) in [5.41, 5.74) is 8.64. The van der Waals surface area contributed by atoms with Gasteiger partial charge in [-0.25, -0.2) is 13.2 Å². The zero-order chi connectivity index (χ0) is 32.4. The Kier molecular flexibility index (Phi) is 11.5. The van der Waals surface area contributed by atoms with E-state index < -0.39 is 40.7 Å². The zero-order valence-electron chi connectivity index (χ0n) is 24.5. The number of nitrogens with two attached hydrogens (primary N) is 1. The summed E-state index contributed by atoms with van der Waals surface area (Å²) in [5.74, 6) is -0.501. The Morgan fingerprint density at radius 2 is 1.76 bits per heavy atom. The third-order valence-electron chi connectivity index (χ3n) is 7.20. The number of sulfonamides is 1. The van der Waals surface area contributed by atoms with Gasteiger partial charge < -0.3 is 26.2 Å². The molecular weight excluding hydrogens is 620 g/mol. The lowest BCUT2D eigenvalue weighted by Gasteiger charge is -2.30. The quantitative estimate of drug-likeness (QED) is 0.128. The summed E-state index contributed by atoms with van der Waals surface area (Å²) in [4.78, 5) is 25.6. The maximum atomic E-state index is 13.8. The number of aryl methyl sites for hydroxylation is 1. The fourth-order valence-corrected chi connectivity index (χ4v) is 6.60. The van der Waals surface area contributed by atoms with Gasteiger partial charge in [0.05, 0.1) is 24.8 Å². The average Bonchev–Trinajstić information content (AvgIpc) is 3.55. The Morgan fingerprint density at radius 3 is 2.40 bits per heavy atom. The first-order valence-corrected chi connectivity index (χ1v) is 15.9. The van der Waals surface area contributed by atoms with Crippen LogP contribution in [0.3, 0.4) is 0 Å². The number of methoxy groups -OCH3 is 1. The number of hydrogen-bond donors (Lipinski definition) is 5. The van der Waals surface area contributed by atoms with Crippen molar-refractivity contribution in [2.75, 3.05) is 24.8 Å². The number of anilines is 2. The molecule has 0 bridgehead atoms. The highest BCUT2D eigenvalue weighted by Gasteiger charge is 2.32. The number of H-pyrrole nitrogens is 1. The molecule has 4 aromatic rings. The molecule has 0 aliphatic rings. The number of aliphatic hydroxyl groups is 1. The molecule has 0 aliphatic heterocycles. The van der Waals surface area contributed by atoms with E-state index >= 15 is 0 Å². The molecule has 0 unspecified atom stereocenters. The standard InChI is InChI=1S/C31H35ClN6O6S/c1-44-31(41)37-29(16-23-7-2-4-8-27(23)32)30(40)36-28-9-5-3-6-22(28)10-13-25(20-39)38(19-21-17-34-35-18-21)45(42,43)26-14-11-24(33)12-15-26/h2-9,11-12,14-15,17-18,25,29,39H,10,13,16,19-20,33H2,1H3,(H,34,35)(H,36,40)(H,37,41)/t25-,29-/m0/s1. The van der Waals surface area contributed by atoms with E-state index in [1.807, 2.05) is 0 Å². The van der Waals surface area contributed by atoms with Gasteiger partial charge in [0.25, 0.3) is 0 Å². The van der Waals surface area contributed by atoms with E-state index in [2.05, 4.69) is 20.8 Å². The predicted molar refractivity (Wildman–Crippen MR) is 171 cm³/mol. The van der Waals surface area contributed by atoms with E-state index in [0.29, 0.717) is 39.5 Å². The Morgan fingerprint density at radius 1 is 1.07 bits per heavy atom.